The maximum absolute atomic E-state index is 6.13. The van der Waals surface area contributed by atoms with E-state index in [1.165, 1.54) is 28.1 Å². The van der Waals surface area contributed by atoms with Gasteiger partial charge in [-0.1, -0.05) is 29.8 Å². The van der Waals surface area contributed by atoms with E-state index in [2.05, 4.69) is 31.2 Å². The van der Waals surface area contributed by atoms with Crippen LogP contribution in [0.1, 0.15) is 35.0 Å². The zero-order valence-electron chi connectivity index (χ0n) is 9.94. The molecule has 3 heteroatoms. The highest BCUT2D eigenvalue weighted by molar-refractivity contribution is 7.15. The van der Waals surface area contributed by atoms with Crippen LogP contribution >= 0.6 is 11.3 Å². The van der Waals surface area contributed by atoms with E-state index in [4.69, 9.17) is 10.7 Å². The number of hydrogen-bond acceptors (Lipinski definition) is 3. The summed E-state index contributed by atoms with van der Waals surface area (Å²) in [6, 6.07) is 8.76. The first-order valence-electron chi connectivity index (χ1n) is 6.06. The number of aryl methyl sites for hydroxylation is 2. The first-order valence-corrected chi connectivity index (χ1v) is 6.88. The molecule has 3 rings (SSSR count). The van der Waals surface area contributed by atoms with Gasteiger partial charge in [0.1, 0.15) is 5.01 Å². The summed E-state index contributed by atoms with van der Waals surface area (Å²) in [6.07, 6.45) is 3.36. The highest BCUT2D eigenvalue weighted by atomic mass is 32.1. The van der Waals surface area contributed by atoms with E-state index in [1.54, 1.807) is 11.3 Å². The summed E-state index contributed by atoms with van der Waals surface area (Å²) in [4.78, 5) is 6.04. The van der Waals surface area contributed by atoms with Crippen molar-refractivity contribution < 1.29 is 0 Å². The molecule has 0 bridgehead atoms. The Morgan fingerprint density at radius 2 is 2.06 bits per heavy atom. The number of aromatic nitrogens is 1. The van der Waals surface area contributed by atoms with Crippen molar-refractivity contribution >= 4 is 11.3 Å². The molecule has 1 aromatic carbocycles. The molecule has 1 heterocycles. The maximum Gasteiger partial charge on any atom is 0.123 e. The van der Waals surface area contributed by atoms with Gasteiger partial charge in [0, 0.05) is 16.5 Å². The molecular formula is C14H16N2S. The van der Waals surface area contributed by atoms with Gasteiger partial charge in [0.2, 0.25) is 0 Å². The van der Waals surface area contributed by atoms with E-state index in [9.17, 15) is 0 Å². The summed E-state index contributed by atoms with van der Waals surface area (Å²) in [7, 11) is 0. The Balaban J connectivity index is 2.02. The standard InChI is InChI=1S/C14H16N2S/c1-9-5-7-10(8-6-9)14-16-12-4-2-3-11(15)13(12)17-14/h5-8,11H,2-4,15H2,1H3. The fraction of sp³-hybridized carbons (Fsp3) is 0.357. The Morgan fingerprint density at radius 3 is 2.76 bits per heavy atom. The fourth-order valence-electron chi connectivity index (χ4n) is 2.27. The first kappa shape index (κ1) is 10.9. The molecule has 1 atom stereocenters. The highest BCUT2D eigenvalue weighted by Crippen LogP contribution is 2.36. The average Bonchev–Trinajstić information content (AvgIpc) is 2.75. The van der Waals surface area contributed by atoms with Crippen molar-refractivity contribution in [2.75, 3.05) is 0 Å². The average molecular weight is 244 g/mol. The summed E-state index contributed by atoms with van der Waals surface area (Å²) >= 11 is 1.77. The van der Waals surface area contributed by atoms with E-state index >= 15 is 0 Å². The highest BCUT2D eigenvalue weighted by Gasteiger charge is 2.21. The van der Waals surface area contributed by atoms with Crippen molar-refractivity contribution in [3.63, 3.8) is 0 Å². The molecule has 2 N–H and O–H groups in total. The van der Waals surface area contributed by atoms with Crippen LogP contribution in [0.4, 0.5) is 0 Å². The van der Waals surface area contributed by atoms with Crippen LogP contribution in [0.5, 0.6) is 0 Å². The van der Waals surface area contributed by atoms with Gasteiger partial charge in [-0.05, 0) is 26.2 Å². The third-order valence-corrected chi connectivity index (χ3v) is 4.57. The number of hydrogen-bond donors (Lipinski definition) is 1. The van der Waals surface area contributed by atoms with Crippen molar-refractivity contribution in [2.45, 2.75) is 32.2 Å². The number of nitrogens with two attached hydrogens (primary N) is 1. The third-order valence-electron chi connectivity index (χ3n) is 3.29. The van der Waals surface area contributed by atoms with Gasteiger partial charge in [0.05, 0.1) is 5.69 Å². The van der Waals surface area contributed by atoms with Crippen molar-refractivity contribution in [3.8, 4) is 10.6 Å². The van der Waals surface area contributed by atoms with Crippen molar-refractivity contribution in [3.05, 3.63) is 40.4 Å². The van der Waals surface area contributed by atoms with Crippen LogP contribution in [0, 0.1) is 6.92 Å². The van der Waals surface area contributed by atoms with Crippen LogP contribution in [-0.2, 0) is 6.42 Å². The number of fused-ring (bicyclic) bond motifs is 1. The summed E-state index contributed by atoms with van der Waals surface area (Å²) in [5.74, 6) is 0. The molecule has 1 unspecified atom stereocenters. The zero-order valence-corrected chi connectivity index (χ0v) is 10.8. The minimum atomic E-state index is 0.204. The van der Waals surface area contributed by atoms with Crippen molar-refractivity contribution in [1.82, 2.24) is 4.98 Å². The van der Waals surface area contributed by atoms with Crippen LogP contribution in [-0.4, -0.2) is 4.98 Å². The molecule has 0 fully saturated rings. The lowest BCUT2D eigenvalue weighted by Crippen LogP contribution is -2.15. The Hall–Kier alpha value is -1.19. The Morgan fingerprint density at radius 1 is 1.29 bits per heavy atom. The summed E-state index contributed by atoms with van der Waals surface area (Å²) in [6.45, 7) is 2.10. The molecule has 2 aromatic rings. The topological polar surface area (TPSA) is 38.9 Å². The van der Waals surface area contributed by atoms with Crippen LogP contribution in [0.25, 0.3) is 10.6 Å². The second-order valence-corrected chi connectivity index (χ2v) is 5.73. The van der Waals surface area contributed by atoms with Gasteiger partial charge in [-0.15, -0.1) is 11.3 Å². The summed E-state index contributed by atoms with van der Waals surface area (Å²) < 4.78 is 0. The van der Waals surface area contributed by atoms with Crippen molar-refractivity contribution in [2.24, 2.45) is 5.73 Å². The molecule has 1 aliphatic rings. The van der Waals surface area contributed by atoms with Gasteiger partial charge in [-0.2, -0.15) is 0 Å². The predicted molar refractivity (Wildman–Crippen MR) is 72.2 cm³/mol. The largest absolute Gasteiger partial charge is 0.323 e. The molecule has 1 aliphatic carbocycles. The molecule has 0 saturated carbocycles. The molecule has 0 saturated heterocycles. The van der Waals surface area contributed by atoms with Gasteiger partial charge < -0.3 is 5.73 Å². The first-order chi connectivity index (χ1) is 8.24. The minimum absolute atomic E-state index is 0.204. The molecular weight excluding hydrogens is 228 g/mol. The van der Waals surface area contributed by atoms with E-state index in [1.807, 2.05) is 0 Å². The van der Waals surface area contributed by atoms with Crippen LogP contribution in [0.15, 0.2) is 24.3 Å². The fourth-order valence-corrected chi connectivity index (χ4v) is 3.43. The lowest BCUT2D eigenvalue weighted by atomic mass is 9.99. The molecule has 0 spiro atoms. The SMILES string of the molecule is Cc1ccc(-c2nc3c(s2)C(N)CCC3)cc1. The maximum atomic E-state index is 6.13. The van der Waals surface area contributed by atoms with Crippen LogP contribution < -0.4 is 5.73 Å². The van der Waals surface area contributed by atoms with E-state index < -0.39 is 0 Å². The van der Waals surface area contributed by atoms with Gasteiger partial charge in [0.15, 0.2) is 0 Å². The number of rotatable bonds is 1. The van der Waals surface area contributed by atoms with Gasteiger partial charge >= 0.3 is 0 Å². The number of benzene rings is 1. The molecule has 0 amide bonds. The normalized spacial score (nSPS) is 19.1. The van der Waals surface area contributed by atoms with E-state index in [0.29, 0.717) is 0 Å². The molecule has 88 valence electrons. The van der Waals surface area contributed by atoms with Gasteiger partial charge in [-0.25, -0.2) is 4.98 Å². The van der Waals surface area contributed by atoms with Gasteiger partial charge in [0.25, 0.3) is 0 Å². The quantitative estimate of drug-likeness (QED) is 0.834. The lowest BCUT2D eigenvalue weighted by Gasteiger charge is -2.15. The molecule has 0 aliphatic heterocycles. The van der Waals surface area contributed by atoms with E-state index in [-0.39, 0.29) is 6.04 Å². The summed E-state index contributed by atoms with van der Waals surface area (Å²) in [5, 5.41) is 1.12. The van der Waals surface area contributed by atoms with E-state index in [0.717, 1.165) is 17.8 Å². The van der Waals surface area contributed by atoms with Crippen molar-refractivity contribution in [1.29, 1.82) is 0 Å². The monoisotopic (exact) mass is 244 g/mol. The van der Waals surface area contributed by atoms with Crippen LogP contribution in [0.3, 0.4) is 0 Å². The molecule has 0 radical (unpaired) electrons. The second kappa shape index (κ2) is 4.24. The summed E-state index contributed by atoms with van der Waals surface area (Å²) in [5.41, 5.74) is 9.85. The number of thiazole rings is 1. The molecule has 17 heavy (non-hydrogen) atoms. The Labute approximate surface area is 106 Å². The second-order valence-electron chi connectivity index (χ2n) is 4.69. The van der Waals surface area contributed by atoms with Crippen LogP contribution in [0.2, 0.25) is 0 Å². The third kappa shape index (κ3) is 2.01. The minimum Gasteiger partial charge on any atom is -0.323 e. The Kier molecular flexibility index (Phi) is 2.73. The smallest absolute Gasteiger partial charge is 0.123 e. The molecule has 1 aromatic heterocycles. The zero-order chi connectivity index (χ0) is 11.8. The van der Waals surface area contributed by atoms with Gasteiger partial charge in [-0.3, -0.25) is 0 Å². The molecule has 2 nitrogen and oxygen atoms in total. The Bertz CT molecular complexity index is 528. The number of nitrogens with zero attached hydrogens (tertiary/aromatic N) is 1. The lowest BCUT2D eigenvalue weighted by molar-refractivity contribution is 0.573. The predicted octanol–water partition coefficient (Wildman–Crippen LogP) is 3.45.